The van der Waals surface area contributed by atoms with E-state index in [2.05, 4.69) is 12.2 Å². The van der Waals surface area contributed by atoms with E-state index in [9.17, 15) is 9.59 Å². The highest BCUT2D eigenvalue weighted by molar-refractivity contribution is 5.91. The molecule has 0 heterocycles. The molecule has 0 saturated heterocycles. The fourth-order valence-electron chi connectivity index (χ4n) is 1.94. The van der Waals surface area contributed by atoms with Crippen LogP contribution < -0.4 is 10.1 Å². The Labute approximate surface area is 126 Å². The second-order valence-electron chi connectivity index (χ2n) is 4.89. The van der Waals surface area contributed by atoms with Crippen molar-refractivity contribution in [3.8, 4) is 5.75 Å². The van der Waals surface area contributed by atoms with Crippen LogP contribution in [-0.2, 0) is 9.59 Å². The van der Waals surface area contributed by atoms with Crippen molar-refractivity contribution in [2.45, 2.75) is 33.1 Å². The van der Waals surface area contributed by atoms with Gasteiger partial charge in [-0.2, -0.15) is 0 Å². The van der Waals surface area contributed by atoms with Crippen molar-refractivity contribution in [2.24, 2.45) is 0 Å². The molecule has 0 unspecified atom stereocenters. The van der Waals surface area contributed by atoms with Crippen LogP contribution in [0.1, 0.15) is 33.1 Å². The molecule has 1 N–H and O–H groups in total. The summed E-state index contributed by atoms with van der Waals surface area (Å²) >= 11 is 0. The maximum absolute atomic E-state index is 11.9. The van der Waals surface area contributed by atoms with E-state index in [1.54, 1.807) is 24.1 Å². The zero-order valence-electron chi connectivity index (χ0n) is 13.0. The number of anilines is 1. The number of rotatable bonds is 8. The molecule has 1 rings (SSSR count). The Kier molecular flexibility index (Phi) is 7.29. The maximum Gasteiger partial charge on any atom is 0.226 e. The van der Waals surface area contributed by atoms with E-state index in [0.717, 1.165) is 12.8 Å². The predicted molar refractivity (Wildman–Crippen MR) is 83.4 cm³/mol. The summed E-state index contributed by atoms with van der Waals surface area (Å²) < 4.78 is 5.11. The van der Waals surface area contributed by atoms with E-state index < -0.39 is 0 Å². The summed E-state index contributed by atoms with van der Waals surface area (Å²) in [6, 6.07) is 7.20. The van der Waals surface area contributed by atoms with E-state index in [4.69, 9.17) is 4.74 Å². The number of amides is 2. The lowest BCUT2D eigenvalue weighted by molar-refractivity contribution is -0.129. The molecule has 0 aliphatic heterocycles. The van der Waals surface area contributed by atoms with Gasteiger partial charge in [0.2, 0.25) is 11.8 Å². The zero-order chi connectivity index (χ0) is 15.7. The van der Waals surface area contributed by atoms with E-state index in [-0.39, 0.29) is 11.8 Å². The molecule has 1 aromatic carbocycles. The number of ether oxygens (including phenoxy) is 1. The average Bonchev–Trinajstić information content (AvgIpc) is 2.47. The van der Waals surface area contributed by atoms with Crippen LogP contribution in [0, 0.1) is 0 Å². The molecule has 0 saturated carbocycles. The highest BCUT2D eigenvalue weighted by Crippen LogP contribution is 2.16. The molecule has 21 heavy (non-hydrogen) atoms. The van der Waals surface area contributed by atoms with E-state index >= 15 is 0 Å². The van der Waals surface area contributed by atoms with Gasteiger partial charge in [-0.3, -0.25) is 9.59 Å². The Morgan fingerprint density at radius 1 is 1.29 bits per heavy atom. The molecule has 0 aromatic heterocycles. The van der Waals surface area contributed by atoms with Gasteiger partial charge < -0.3 is 15.0 Å². The minimum atomic E-state index is -0.106. The summed E-state index contributed by atoms with van der Waals surface area (Å²) in [5, 5.41) is 2.81. The van der Waals surface area contributed by atoms with Gasteiger partial charge in [0.1, 0.15) is 5.75 Å². The molecular formula is C16H24N2O3. The summed E-state index contributed by atoms with van der Waals surface area (Å²) in [6.45, 7) is 4.77. The third kappa shape index (κ3) is 6.29. The number of unbranched alkanes of at least 4 members (excludes halogenated alkanes) is 1. The Hall–Kier alpha value is -2.04. The first-order valence-corrected chi connectivity index (χ1v) is 7.26. The summed E-state index contributed by atoms with van der Waals surface area (Å²) in [5.74, 6) is 0.602. The molecule has 0 spiro atoms. The van der Waals surface area contributed by atoms with E-state index in [0.29, 0.717) is 30.9 Å². The van der Waals surface area contributed by atoms with Crippen LogP contribution in [0.15, 0.2) is 24.3 Å². The van der Waals surface area contributed by atoms with Crippen molar-refractivity contribution in [2.75, 3.05) is 25.5 Å². The number of benzene rings is 1. The third-order valence-corrected chi connectivity index (χ3v) is 3.19. The molecule has 0 radical (unpaired) electrons. The monoisotopic (exact) mass is 292 g/mol. The van der Waals surface area contributed by atoms with Crippen molar-refractivity contribution < 1.29 is 14.3 Å². The third-order valence-electron chi connectivity index (χ3n) is 3.19. The normalized spacial score (nSPS) is 10.0. The van der Waals surface area contributed by atoms with Gasteiger partial charge in [-0.25, -0.2) is 0 Å². The number of carbonyl (C=O) groups excluding carboxylic acids is 2. The molecule has 5 heteroatoms. The van der Waals surface area contributed by atoms with Gasteiger partial charge in [0.25, 0.3) is 0 Å². The number of carbonyl (C=O) groups is 2. The van der Waals surface area contributed by atoms with Gasteiger partial charge in [0, 0.05) is 38.2 Å². The SMILES string of the molecule is CCCCN(CCC(=O)Nc1cccc(OC)c1)C(C)=O. The highest BCUT2D eigenvalue weighted by atomic mass is 16.5. The van der Waals surface area contributed by atoms with Crippen molar-refractivity contribution in [1.82, 2.24) is 4.90 Å². The van der Waals surface area contributed by atoms with Crippen LogP contribution in [-0.4, -0.2) is 36.9 Å². The highest BCUT2D eigenvalue weighted by Gasteiger charge is 2.10. The minimum absolute atomic E-state index is 0.0117. The van der Waals surface area contributed by atoms with Crippen molar-refractivity contribution >= 4 is 17.5 Å². The van der Waals surface area contributed by atoms with Crippen LogP contribution in [0.4, 0.5) is 5.69 Å². The lowest BCUT2D eigenvalue weighted by Crippen LogP contribution is -2.32. The zero-order valence-corrected chi connectivity index (χ0v) is 13.0. The van der Waals surface area contributed by atoms with Gasteiger partial charge in [-0.15, -0.1) is 0 Å². The fourth-order valence-corrected chi connectivity index (χ4v) is 1.94. The Bertz CT molecular complexity index is 474. The molecule has 1 aromatic rings. The van der Waals surface area contributed by atoms with Crippen LogP contribution in [0.25, 0.3) is 0 Å². The summed E-state index contributed by atoms with van der Waals surface area (Å²) in [4.78, 5) is 25.1. The van der Waals surface area contributed by atoms with E-state index in [1.165, 1.54) is 6.92 Å². The Morgan fingerprint density at radius 3 is 2.67 bits per heavy atom. The lowest BCUT2D eigenvalue weighted by Gasteiger charge is -2.20. The van der Waals surface area contributed by atoms with Crippen LogP contribution in [0.5, 0.6) is 5.75 Å². The number of nitrogens with one attached hydrogen (secondary N) is 1. The quantitative estimate of drug-likeness (QED) is 0.801. The molecule has 0 atom stereocenters. The predicted octanol–water partition coefficient (Wildman–Crippen LogP) is 2.67. The van der Waals surface area contributed by atoms with Crippen LogP contribution in [0.2, 0.25) is 0 Å². The Morgan fingerprint density at radius 2 is 2.05 bits per heavy atom. The molecular weight excluding hydrogens is 268 g/mol. The number of hydrogen-bond donors (Lipinski definition) is 1. The largest absolute Gasteiger partial charge is 0.497 e. The number of methoxy groups -OCH3 is 1. The summed E-state index contributed by atoms with van der Waals surface area (Å²) in [6.07, 6.45) is 2.28. The molecule has 5 nitrogen and oxygen atoms in total. The Balaban J connectivity index is 2.46. The van der Waals surface area contributed by atoms with Crippen LogP contribution >= 0.6 is 0 Å². The second kappa shape index (κ2) is 9.00. The van der Waals surface area contributed by atoms with Gasteiger partial charge in [0.15, 0.2) is 0 Å². The smallest absolute Gasteiger partial charge is 0.226 e. The first kappa shape index (κ1) is 17.0. The molecule has 0 fully saturated rings. The number of hydrogen-bond acceptors (Lipinski definition) is 3. The van der Waals surface area contributed by atoms with Gasteiger partial charge in [-0.05, 0) is 18.6 Å². The van der Waals surface area contributed by atoms with Crippen molar-refractivity contribution in [3.05, 3.63) is 24.3 Å². The van der Waals surface area contributed by atoms with Crippen molar-refractivity contribution in [1.29, 1.82) is 0 Å². The average molecular weight is 292 g/mol. The molecule has 0 bridgehead atoms. The summed E-state index contributed by atoms with van der Waals surface area (Å²) in [5.41, 5.74) is 0.697. The number of nitrogens with zero attached hydrogens (tertiary/aromatic N) is 1. The lowest BCUT2D eigenvalue weighted by atomic mass is 10.2. The minimum Gasteiger partial charge on any atom is -0.497 e. The second-order valence-corrected chi connectivity index (χ2v) is 4.89. The fraction of sp³-hybridized carbons (Fsp3) is 0.500. The van der Waals surface area contributed by atoms with Crippen molar-refractivity contribution in [3.63, 3.8) is 0 Å². The maximum atomic E-state index is 11.9. The topological polar surface area (TPSA) is 58.6 Å². The van der Waals surface area contributed by atoms with Crippen LogP contribution in [0.3, 0.4) is 0 Å². The standard InChI is InChI=1S/C16H24N2O3/c1-4-5-10-18(13(2)19)11-9-16(20)17-14-7-6-8-15(12-14)21-3/h6-8,12H,4-5,9-11H2,1-3H3,(H,17,20). The first-order chi connectivity index (χ1) is 10.1. The van der Waals surface area contributed by atoms with Gasteiger partial charge in [0.05, 0.1) is 7.11 Å². The molecule has 116 valence electrons. The summed E-state index contributed by atoms with van der Waals surface area (Å²) in [7, 11) is 1.58. The van der Waals surface area contributed by atoms with Gasteiger partial charge in [-0.1, -0.05) is 19.4 Å². The van der Waals surface area contributed by atoms with Gasteiger partial charge >= 0.3 is 0 Å². The molecule has 0 aliphatic rings. The van der Waals surface area contributed by atoms with E-state index in [1.807, 2.05) is 12.1 Å². The molecule has 2 amide bonds. The first-order valence-electron chi connectivity index (χ1n) is 7.26. The molecule has 0 aliphatic carbocycles.